The van der Waals surface area contributed by atoms with Crippen LogP contribution in [0.25, 0.3) is 0 Å². The minimum atomic E-state index is -2.96. The normalized spacial score (nSPS) is 11.4. The molecule has 0 unspecified atom stereocenters. The van der Waals surface area contributed by atoms with Crippen LogP contribution in [0.2, 0.25) is 5.15 Å². The zero-order valence-electron chi connectivity index (χ0n) is 8.51. The SMILES string of the molecule is CN(CCS(C)(=O)=O)c1cncc(Cl)n1. The lowest BCUT2D eigenvalue weighted by molar-refractivity contribution is 0.601. The first-order chi connectivity index (χ1) is 6.88. The fourth-order valence-electron chi connectivity index (χ4n) is 0.934. The van der Waals surface area contributed by atoms with Gasteiger partial charge in [0, 0.05) is 19.8 Å². The number of rotatable bonds is 4. The second kappa shape index (κ2) is 4.76. The standard InChI is InChI=1S/C8H12ClN3O2S/c1-12(3-4-15(2,13)14)8-6-10-5-7(9)11-8/h5-6H,3-4H2,1-2H3. The predicted molar refractivity (Wildman–Crippen MR) is 60.0 cm³/mol. The van der Waals surface area contributed by atoms with Crippen LogP contribution in [-0.4, -0.2) is 44.0 Å². The molecule has 0 N–H and O–H groups in total. The molecule has 0 radical (unpaired) electrons. The van der Waals surface area contributed by atoms with Gasteiger partial charge in [0.1, 0.15) is 20.8 Å². The lowest BCUT2D eigenvalue weighted by Crippen LogP contribution is -2.25. The highest BCUT2D eigenvalue weighted by atomic mass is 35.5. The zero-order valence-corrected chi connectivity index (χ0v) is 10.1. The lowest BCUT2D eigenvalue weighted by Gasteiger charge is -2.16. The Morgan fingerprint density at radius 2 is 2.13 bits per heavy atom. The average molecular weight is 250 g/mol. The predicted octanol–water partition coefficient (Wildman–Crippen LogP) is 0.611. The van der Waals surface area contributed by atoms with Crippen LogP contribution in [0.1, 0.15) is 0 Å². The van der Waals surface area contributed by atoms with E-state index in [1.807, 2.05) is 0 Å². The molecule has 0 amide bonds. The smallest absolute Gasteiger partial charge is 0.149 e. The second-order valence-corrected chi connectivity index (χ2v) is 5.90. The van der Waals surface area contributed by atoms with Crippen molar-refractivity contribution in [2.24, 2.45) is 0 Å². The van der Waals surface area contributed by atoms with Crippen LogP contribution in [0.5, 0.6) is 0 Å². The second-order valence-electron chi connectivity index (χ2n) is 3.25. The average Bonchev–Trinajstić information content (AvgIpc) is 2.13. The van der Waals surface area contributed by atoms with Crippen LogP contribution in [0, 0.1) is 0 Å². The number of hydrogen-bond acceptors (Lipinski definition) is 5. The number of sulfone groups is 1. The van der Waals surface area contributed by atoms with Gasteiger partial charge in [0.2, 0.25) is 0 Å². The summed E-state index contributed by atoms with van der Waals surface area (Å²) < 4.78 is 21.9. The Hall–Kier alpha value is -0.880. The van der Waals surface area contributed by atoms with Gasteiger partial charge in [-0.3, -0.25) is 4.98 Å². The van der Waals surface area contributed by atoms with Gasteiger partial charge in [-0.2, -0.15) is 0 Å². The molecular weight excluding hydrogens is 238 g/mol. The minimum Gasteiger partial charge on any atom is -0.357 e. The molecule has 7 heteroatoms. The summed E-state index contributed by atoms with van der Waals surface area (Å²) in [6.07, 6.45) is 4.16. The summed E-state index contributed by atoms with van der Waals surface area (Å²) in [6, 6.07) is 0. The molecule has 5 nitrogen and oxygen atoms in total. The summed E-state index contributed by atoms with van der Waals surface area (Å²) in [5.74, 6) is 0.642. The lowest BCUT2D eigenvalue weighted by atomic mass is 10.5. The number of hydrogen-bond donors (Lipinski definition) is 0. The number of nitrogens with zero attached hydrogens (tertiary/aromatic N) is 3. The maximum absolute atomic E-state index is 10.9. The molecule has 1 rings (SSSR count). The first-order valence-corrected chi connectivity index (χ1v) is 6.69. The van der Waals surface area contributed by atoms with Crippen LogP contribution in [0.4, 0.5) is 5.82 Å². The maximum atomic E-state index is 10.9. The van der Waals surface area contributed by atoms with E-state index in [1.54, 1.807) is 11.9 Å². The molecule has 0 aliphatic carbocycles. The van der Waals surface area contributed by atoms with Gasteiger partial charge in [-0.25, -0.2) is 13.4 Å². The highest BCUT2D eigenvalue weighted by molar-refractivity contribution is 7.90. The summed E-state index contributed by atoms with van der Waals surface area (Å²) in [5, 5.41) is 0.290. The number of anilines is 1. The topological polar surface area (TPSA) is 63.2 Å². The van der Waals surface area contributed by atoms with Gasteiger partial charge >= 0.3 is 0 Å². The first-order valence-electron chi connectivity index (χ1n) is 4.25. The molecule has 0 spiro atoms. The van der Waals surface area contributed by atoms with E-state index in [9.17, 15) is 8.42 Å². The fraction of sp³-hybridized carbons (Fsp3) is 0.500. The van der Waals surface area contributed by atoms with Gasteiger partial charge in [0.15, 0.2) is 0 Å². The van der Waals surface area contributed by atoms with Crippen molar-refractivity contribution in [3.8, 4) is 0 Å². The largest absolute Gasteiger partial charge is 0.357 e. The van der Waals surface area contributed by atoms with Crippen LogP contribution in [0.15, 0.2) is 12.4 Å². The highest BCUT2D eigenvalue weighted by Gasteiger charge is 2.07. The van der Waals surface area contributed by atoms with E-state index in [0.29, 0.717) is 17.5 Å². The van der Waals surface area contributed by atoms with E-state index in [4.69, 9.17) is 11.6 Å². The van der Waals surface area contributed by atoms with Gasteiger partial charge < -0.3 is 4.90 Å². The van der Waals surface area contributed by atoms with E-state index < -0.39 is 9.84 Å². The van der Waals surface area contributed by atoms with E-state index in [1.165, 1.54) is 18.6 Å². The summed E-state index contributed by atoms with van der Waals surface area (Å²) in [6.45, 7) is 0.369. The third-order valence-corrected chi connectivity index (χ3v) is 2.89. The van der Waals surface area contributed by atoms with Crippen molar-refractivity contribution in [3.05, 3.63) is 17.5 Å². The van der Waals surface area contributed by atoms with Crippen molar-refractivity contribution in [1.29, 1.82) is 0 Å². The molecular formula is C8H12ClN3O2S. The van der Waals surface area contributed by atoms with Crippen molar-refractivity contribution in [2.45, 2.75) is 0 Å². The third kappa shape index (κ3) is 4.44. The molecule has 15 heavy (non-hydrogen) atoms. The molecule has 0 saturated heterocycles. The highest BCUT2D eigenvalue weighted by Crippen LogP contribution is 2.10. The molecule has 0 aliphatic rings. The quantitative estimate of drug-likeness (QED) is 0.783. The van der Waals surface area contributed by atoms with Gasteiger partial charge in [0.05, 0.1) is 18.1 Å². The Morgan fingerprint density at radius 1 is 1.47 bits per heavy atom. The van der Waals surface area contributed by atoms with Gasteiger partial charge in [0.25, 0.3) is 0 Å². The van der Waals surface area contributed by atoms with E-state index >= 15 is 0 Å². The fourth-order valence-corrected chi connectivity index (χ4v) is 1.68. The summed E-state index contributed by atoms with van der Waals surface area (Å²) in [7, 11) is -1.22. The Kier molecular flexibility index (Phi) is 3.87. The number of aromatic nitrogens is 2. The van der Waals surface area contributed by atoms with Gasteiger partial charge in [-0.1, -0.05) is 11.6 Å². The summed E-state index contributed by atoms with van der Waals surface area (Å²) >= 11 is 5.66. The van der Waals surface area contributed by atoms with Crippen LogP contribution < -0.4 is 4.90 Å². The Bertz CT molecular complexity index is 435. The molecule has 0 bridgehead atoms. The van der Waals surface area contributed by atoms with E-state index in [2.05, 4.69) is 9.97 Å². The monoisotopic (exact) mass is 249 g/mol. The zero-order chi connectivity index (χ0) is 11.5. The molecule has 84 valence electrons. The molecule has 0 atom stereocenters. The van der Waals surface area contributed by atoms with Crippen molar-refractivity contribution >= 4 is 27.3 Å². The molecule has 0 aliphatic heterocycles. The molecule has 1 heterocycles. The molecule has 0 fully saturated rings. The van der Waals surface area contributed by atoms with Gasteiger partial charge in [-0.15, -0.1) is 0 Å². The van der Waals surface area contributed by atoms with Crippen molar-refractivity contribution < 1.29 is 8.42 Å². The maximum Gasteiger partial charge on any atom is 0.149 e. The Labute approximate surface area is 94.0 Å². The molecule has 0 aromatic carbocycles. The van der Waals surface area contributed by atoms with E-state index in [-0.39, 0.29) is 5.75 Å². The first kappa shape index (κ1) is 12.2. The summed E-state index contributed by atoms with van der Waals surface area (Å²) in [4.78, 5) is 9.57. The van der Waals surface area contributed by atoms with Crippen LogP contribution in [0.3, 0.4) is 0 Å². The van der Waals surface area contributed by atoms with E-state index in [0.717, 1.165) is 0 Å². The Morgan fingerprint density at radius 3 is 2.67 bits per heavy atom. The Balaban J connectivity index is 2.65. The molecule has 1 aromatic heterocycles. The van der Waals surface area contributed by atoms with Crippen molar-refractivity contribution in [2.75, 3.05) is 30.5 Å². The van der Waals surface area contributed by atoms with Crippen LogP contribution >= 0.6 is 11.6 Å². The summed E-state index contributed by atoms with van der Waals surface area (Å²) in [5.41, 5.74) is 0. The molecule has 0 saturated carbocycles. The number of halogens is 1. The minimum absolute atomic E-state index is 0.0810. The van der Waals surface area contributed by atoms with Gasteiger partial charge in [-0.05, 0) is 0 Å². The molecule has 1 aromatic rings. The third-order valence-electron chi connectivity index (χ3n) is 1.78. The van der Waals surface area contributed by atoms with Crippen molar-refractivity contribution in [3.63, 3.8) is 0 Å². The van der Waals surface area contributed by atoms with Crippen LogP contribution in [-0.2, 0) is 9.84 Å². The van der Waals surface area contributed by atoms with Crippen molar-refractivity contribution in [1.82, 2.24) is 9.97 Å².